The van der Waals surface area contributed by atoms with Crippen LogP contribution >= 0.6 is 0 Å². The minimum absolute atomic E-state index is 0.210. The van der Waals surface area contributed by atoms with Crippen molar-refractivity contribution in [1.82, 2.24) is 15.2 Å². The van der Waals surface area contributed by atoms with Crippen molar-refractivity contribution >= 4 is 11.9 Å². The van der Waals surface area contributed by atoms with Crippen molar-refractivity contribution in [2.75, 3.05) is 18.0 Å². The first-order valence-electron chi connectivity index (χ1n) is 6.33. The van der Waals surface area contributed by atoms with Crippen LogP contribution < -0.4 is 4.90 Å². The van der Waals surface area contributed by atoms with Crippen LogP contribution in [0.1, 0.15) is 31.7 Å². The first-order valence-corrected chi connectivity index (χ1v) is 6.33. The van der Waals surface area contributed by atoms with E-state index < -0.39 is 5.97 Å². The van der Waals surface area contributed by atoms with E-state index >= 15 is 0 Å². The predicted octanol–water partition coefficient (Wildman–Crippen LogP) is 0.907. The highest BCUT2D eigenvalue weighted by molar-refractivity contribution is 5.67. The van der Waals surface area contributed by atoms with E-state index in [0.717, 1.165) is 24.2 Å². The normalized spacial score (nSPS) is 15.6. The zero-order valence-electron chi connectivity index (χ0n) is 10.8. The molecular weight excluding hydrogens is 232 g/mol. The lowest BCUT2D eigenvalue weighted by Gasteiger charge is -2.38. The molecule has 6 nitrogen and oxygen atoms in total. The average Bonchev–Trinajstić information content (AvgIpc) is 2.32. The summed E-state index contributed by atoms with van der Waals surface area (Å²) >= 11 is 0. The molecule has 0 amide bonds. The van der Waals surface area contributed by atoms with Gasteiger partial charge in [-0.05, 0) is 12.8 Å². The second kappa shape index (κ2) is 5.29. The molecular formula is C12H18N4O2. The number of nitrogens with zero attached hydrogens (tertiary/aromatic N) is 4. The fraction of sp³-hybridized carbons (Fsp3) is 0.667. The number of carbonyl (C=O) groups is 1. The van der Waals surface area contributed by atoms with Crippen molar-refractivity contribution in [2.45, 2.75) is 33.1 Å². The Kier molecular flexibility index (Phi) is 3.74. The second-order valence-corrected chi connectivity index (χ2v) is 4.58. The van der Waals surface area contributed by atoms with Gasteiger partial charge in [-0.2, -0.15) is 5.10 Å². The average molecular weight is 250 g/mol. The van der Waals surface area contributed by atoms with E-state index in [9.17, 15) is 4.79 Å². The molecule has 1 aromatic heterocycles. The van der Waals surface area contributed by atoms with Crippen LogP contribution in [0.4, 0.5) is 5.95 Å². The third-order valence-corrected chi connectivity index (χ3v) is 3.20. The standard InChI is InChI=1S/C12H18N4O2/c1-3-9-10(4-2)14-15-12(13-9)16-6-8(7-16)5-11(17)18/h8H,3-7H2,1-2H3,(H,17,18). The fourth-order valence-corrected chi connectivity index (χ4v) is 2.17. The van der Waals surface area contributed by atoms with Gasteiger partial charge in [0.1, 0.15) is 0 Å². The highest BCUT2D eigenvalue weighted by atomic mass is 16.4. The number of aromatic nitrogens is 3. The Hall–Kier alpha value is -1.72. The lowest BCUT2D eigenvalue weighted by molar-refractivity contribution is -0.138. The highest BCUT2D eigenvalue weighted by Gasteiger charge is 2.30. The molecule has 0 aromatic carbocycles. The Labute approximate surface area is 106 Å². The maximum Gasteiger partial charge on any atom is 0.303 e. The van der Waals surface area contributed by atoms with E-state index in [1.807, 2.05) is 11.8 Å². The molecule has 0 saturated carbocycles. The highest BCUT2D eigenvalue weighted by Crippen LogP contribution is 2.23. The molecule has 1 fully saturated rings. The van der Waals surface area contributed by atoms with Gasteiger partial charge in [-0.15, -0.1) is 5.10 Å². The van der Waals surface area contributed by atoms with E-state index in [1.54, 1.807) is 0 Å². The van der Waals surface area contributed by atoms with Crippen LogP contribution in [0.15, 0.2) is 0 Å². The molecule has 18 heavy (non-hydrogen) atoms. The fourth-order valence-electron chi connectivity index (χ4n) is 2.17. The van der Waals surface area contributed by atoms with Crippen LogP contribution in [-0.4, -0.2) is 39.3 Å². The molecule has 1 aliphatic heterocycles. The van der Waals surface area contributed by atoms with Gasteiger partial charge in [-0.3, -0.25) is 4.79 Å². The molecule has 0 atom stereocenters. The Morgan fingerprint density at radius 1 is 1.28 bits per heavy atom. The molecule has 0 bridgehead atoms. The van der Waals surface area contributed by atoms with Crippen LogP contribution in [0, 0.1) is 5.92 Å². The van der Waals surface area contributed by atoms with Crippen LogP contribution in [0.5, 0.6) is 0 Å². The zero-order valence-corrected chi connectivity index (χ0v) is 10.8. The summed E-state index contributed by atoms with van der Waals surface area (Å²) in [4.78, 5) is 17.1. The van der Waals surface area contributed by atoms with E-state index in [2.05, 4.69) is 22.1 Å². The summed E-state index contributed by atoms with van der Waals surface area (Å²) in [5.41, 5.74) is 1.94. The van der Waals surface area contributed by atoms with Gasteiger partial charge in [0.05, 0.1) is 17.8 Å². The second-order valence-electron chi connectivity index (χ2n) is 4.58. The SMILES string of the molecule is CCc1nnc(N2CC(CC(=O)O)C2)nc1CC. The molecule has 0 radical (unpaired) electrons. The van der Waals surface area contributed by atoms with Crippen LogP contribution in [0.25, 0.3) is 0 Å². The number of carboxylic acid groups (broad SMARTS) is 1. The Morgan fingerprint density at radius 2 is 1.94 bits per heavy atom. The van der Waals surface area contributed by atoms with Gasteiger partial charge in [0.2, 0.25) is 5.95 Å². The van der Waals surface area contributed by atoms with Crippen LogP contribution in [0.3, 0.4) is 0 Å². The smallest absolute Gasteiger partial charge is 0.303 e. The van der Waals surface area contributed by atoms with Crippen molar-refractivity contribution in [3.8, 4) is 0 Å². The number of rotatable bonds is 5. The van der Waals surface area contributed by atoms with Crippen molar-refractivity contribution in [1.29, 1.82) is 0 Å². The van der Waals surface area contributed by atoms with E-state index in [0.29, 0.717) is 19.0 Å². The van der Waals surface area contributed by atoms with Gasteiger partial charge in [-0.1, -0.05) is 13.8 Å². The number of anilines is 1. The third-order valence-electron chi connectivity index (χ3n) is 3.20. The molecule has 2 heterocycles. The first-order chi connectivity index (χ1) is 8.63. The largest absolute Gasteiger partial charge is 0.481 e. The number of aryl methyl sites for hydroxylation is 2. The molecule has 1 aliphatic rings. The monoisotopic (exact) mass is 250 g/mol. The van der Waals surface area contributed by atoms with Gasteiger partial charge in [-0.25, -0.2) is 4.98 Å². The molecule has 1 saturated heterocycles. The molecule has 1 N–H and O–H groups in total. The van der Waals surface area contributed by atoms with E-state index in [1.165, 1.54) is 0 Å². The summed E-state index contributed by atoms with van der Waals surface area (Å²) in [5.74, 6) is 0.0991. The molecule has 0 unspecified atom stereocenters. The summed E-state index contributed by atoms with van der Waals surface area (Å²) in [6.45, 7) is 5.51. The minimum atomic E-state index is -0.741. The number of hydrogen-bond donors (Lipinski definition) is 1. The predicted molar refractivity (Wildman–Crippen MR) is 66.5 cm³/mol. The molecule has 0 spiro atoms. The molecule has 1 aromatic rings. The number of aliphatic carboxylic acids is 1. The number of carboxylic acids is 1. The van der Waals surface area contributed by atoms with Gasteiger partial charge in [0.15, 0.2) is 0 Å². The van der Waals surface area contributed by atoms with Crippen molar-refractivity contribution in [3.05, 3.63) is 11.4 Å². The Balaban J connectivity index is 2.01. The lowest BCUT2D eigenvalue weighted by atomic mass is 9.97. The topological polar surface area (TPSA) is 79.2 Å². The summed E-state index contributed by atoms with van der Waals surface area (Å²) in [5, 5.41) is 17.0. The first kappa shape index (κ1) is 12.7. The molecule has 98 valence electrons. The van der Waals surface area contributed by atoms with Gasteiger partial charge in [0.25, 0.3) is 0 Å². The van der Waals surface area contributed by atoms with Gasteiger partial charge in [0, 0.05) is 19.0 Å². The minimum Gasteiger partial charge on any atom is -0.481 e. The van der Waals surface area contributed by atoms with Crippen molar-refractivity contribution < 1.29 is 9.90 Å². The van der Waals surface area contributed by atoms with Crippen LogP contribution in [-0.2, 0) is 17.6 Å². The van der Waals surface area contributed by atoms with Crippen LogP contribution in [0.2, 0.25) is 0 Å². The Morgan fingerprint density at radius 3 is 2.50 bits per heavy atom. The zero-order chi connectivity index (χ0) is 13.1. The molecule has 2 rings (SSSR count). The van der Waals surface area contributed by atoms with Gasteiger partial charge < -0.3 is 10.0 Å². The summed E-state index contributed by atoms with van der Waals surface area (Å²) in [7, 11) is 0. The number of hydrogen-bond acceptors (Lipinski definition) is 5. The molecule has 0 aliphatic carbocycles. The third kappa shape index (κ3) is 2.57. The molecule has 6 heteroatoms. The summed E-state index contributed by atoms with van der Waals surface area (Å²) in [6.07, 6.45) is 1.90. The Bertz CT molecular complexity index is 444. The maximum absolute atomic E-state index is 10.6. The maximum atomic E-state index is 10.6. The quantitative estimate of drug-likeness (QED) is 0.836. The van der Waals surface area contributed by atoms with Gasteiger partial charge >= 0.3 is 5.97 Å². The lowest BCUT2D eigenvalue weighted by Crippen LogP contribution is -2.48. The van der Waals surface area contributed by atoms with E-state index in [4.69, 9.17) is 5.11 Å². The van der Waals surface area contributed by atoms with Crippen molar-refractivity contribution in [3.63, 3.8) is 0 Å². The summed E-state index contributed by atoms with van der Waals surface area (Å²) < 4.78 is 0. The van der Waals surface area contributed by atoms with Crippen molar-refractivity contribution in [2.24, 2.45) is 5.92 Å². The van der Waals surface area contributed by atoms with E-state index in [-0.39, 0.29) is 12.3 Å². The summed E-state index contributed by atoms with van der Waals surface area (Å²) in [6, 6.07) is 0.